The Morgan fingerprint density at radius 1 is 1.73 bits per heavy atom. The highest BCUT2D eigenvalue weighted by atomic mass is 32.2. The summed E-state index contributed by atoms with van der Waals surface area (Å²) >= 11 is 1.88. The molecule has 1 aliphatic heterocycles. The molecule has 0 bridgehead atoms. The first kappa shape index (κ1) is 10.4. The van der Waals surface area contributed by atoms with E-state index in [0.29, 0.717) is 11.5 Å². The Balaban J connectivity index is 1.91. The van der Waals surface area contributed by atoms with E-state index in [0.717, 1.165) is 12.2 Å². The normalized spacial score (nSPS) is 21.2. The van der Waals surface area contributed by atoms with Crippen molar-refractivity contribution >= 4 is 23.5 Å². The van der Waals surface area contributed by atoms with Crippen LogP contribution < -0.4 is 11.1 Å². The molecule has 0 aromatic carbocycles. The van der Waals surface area contributed by atoms with Gasteiger partial charge in [0.25, 0.3) is 5.91 Å². The molecule has 0 aliphatic carbocycles. The second-order valence-corrected chi connectivity index (χ2v) is 4.74. The fourth-order valence-electron chi connectivity index (χ4n) is 1.57. The van der Waals surface area contributed by atoms with Crippen molar-refractivity contribution in [3.63, 3.8) is 0 Å². The molecule has 0 saturated carbocycles. The first-order chi connectivity index (χ1) is 7.25. The number of anilines is 1. The van der Waals surface area contributed by atoms with Crippen LogP contribution in [0.25, 0.3) is 0 Å². The fraction of sp³-hybridized carbons (Fsp3) is 0.556. The lowest BCUT2D eigenvalue weighted by molar-refractivity contribution is 0.0933. The van der Waals surface area contributed by atoms with E-state index in [1.165, 1.54) is 12.2 Å². The van der Waals surface area contributed by atoms with Gasteiger partial charge in [0.1, 0.15) is 11.5 Å². The minimum atomic E-state index is -0.119. The van der Waals surface area contributed by atoms with Crippen LogP contribution in [0.5, 0.6) is 0 Å². The van der Waals surface area contributed by atoms with E-state index in [1.807, 2.05) is 11.8 Å². The lowest BCUT2D eigenvalue weighted by Gasteiger charge is -2.21. The SMILES string of the molecule is Nc1cc(C(=O)NC2CCCSC2)[nH]n1. The van der Waals surface area contributed by atoms with Crippen molar-refractivity contribution in [3.05, 3.63) is 11.8 Å². The number of H-pyrrole nitrogens is 1. The Labute approximate surface area is 92.2 Å². The van der Waals surface area contributed by atoms with Gasteiger partial charge < -0.3 is 11.1 Å². The van der Waals surface area contributed by atoms with Gasteiger partial charge in [0.05, 0.1) is 0 Å². The van der Waals surface area contributed by atoms with E-state index in [4.69, 9.17) is 5.73 Å². The molecule has 1 aromatic rings. The third-order valence-corrected chi connectivity index (χ3v) is 3.55. The van der Waals surface area contributed by atoms with Crippen LogP contribution >= 0.6 is 11.8 Å². The van der Waals surface area contributed by atoms with Gasteiger partial charge in [0.15, 0.2) is 0 Å². The number of aromatic amines is 1. The minimum absolute atomic E-state index is 0.119. The van der Waals surface area contributed by atoms with Crippen LogP contribution in [0.2, 0.25) is 0 Å². The number of thioether (sulfide) groups is 1. The highest BCUT2D eigenvalue weighted by Gasteiger charge is 2.17. The molecule has 1 amide bonds. The third kappa shape index (κ3) is 2.65. The Kier molecular flexibility index (Phi) is 3.15. The summed E-state index contributed by atoms with van der Waals surface area (Å²) in [4.78, 5) is 11.7. The number of hydrogen-bond donors (Lipinski definition) is 3. The van der Waals surface area contributed by atoms with Gasteiger partial charge in [-0.05, 0) is 18.6 Å². The van der Waals surface area contributed by atoms with Gasteiger partial charge in [-0.3, -0.25) is 9.89 Å². The number of carbonyl (C=O) groups excluding carboxylic acids is 1. The van der Waals surface area contributed by atoms with Crippen molar-refractivity contribution in [2.45, 2.75) is 18.9 Å². The summed E-state index contributed by atoms with van der Waals surface area (Å²) in [5.41, 5.74) is 5.86. The summed E-state index contributed by atoms with van der Waals surface area (Å²) in [6.07, 6.45) is 2.23. The van der Waals surface area contributed by atoms with Crippen molar-refractivity contribution in [3.8, 4) is 0 Å². The number of amides is 1. The standard InChI is InChI=1S/C9H14N4OS/c10-8-4-7(12-13-8)9(14)11-6-2-1-3-15-5-6/h4,6H,1-3,5H2,(H,11,14)(H3,10,12,13). The van der Waals surface area contributed by atoms with Gasteiger partial charge in [0.2, 0.25) is 0 Å². The van der Waals surface area contributed by atoms with Gasteiger partial charge in [0, 0.05) is 17.9 Å². The Morgan fingerprint density at radius 2 is 2.60 bits per heavy atom. The number of rotatable bonds is 2. The lowest BCUT2D eigenvalue weighted by atomic mass is 10.2. The Morgan fingerprint density at radius 3 is 3.20 bits per heavy atom. The highest BCUT2D eigenvalue weighted by molar-refractivity contribution is 7.99. The zero-order valence-corrected chi connectivity index (χ0v) is 9.14. The number of nitrogen functional groups attached to an aromatic ring is 1. The monoisotopic (exact) mass is 226 g/mol. The number of carbonyl (C=O) groups is 1. The van der Waals surface area contributed by atoms with Crippen LogP contribution in [-0.4, -0.2) is 33.7 Å². The van der Waals surface area contributed by atoms with Crippen molar-refractivity contribution in [2.75, 3.05) is 17.2 Å². The number of nitrogens with one attached hydrogen (secondary N) is 2. The molecule has 1 unspecified atom stereocenters. The average Bonchev–Trinajstić information content (AvgIpc) is 2.66. The topological polar surface area (TPSA) is 83.8 Å². The molecule has 1 aromatic heterocycles. The van der Waals surface area contributed by atoms with Crippen LogP contribution in [0.15, 0.2) is 6.07 Å². The maximum absolute atomic E-state index is 11.7. The summed E-state index contributed by atoms with van der Waals surface area (Å²) in [7, 11) is 0. The van der Waals surface area contributed by atoms with Gasteiger partial charge in [-0.2, -0.15) is 16.9 Å². The van der Waals surface area contributed by atoms with Crippen LogP contribution in [0.3, 0.4) is 0 Å². The van der Waals surface area contributed by atoms with Gasteiger partial charge >= 0.3 is 0 Å². The molecule has 2 heterocycles. The maximum Gasteiger partial charge on any atom is 0.269 e. The minimum Gasteiger partial charge on any atom is -0.382 e. The van der Waals surface area contributed by atoms with Crippen LogP contribution in [0.1, 0.15) is 23.3 Å². The molecule has 0 radical (unpaired) electrons. The molecule has 1 aliphatic rings. The Hall–Kier alpha value is -1.17. The summed E-state index contributed by atoms with van der Waals surface area (Å²) < 4.78 is 0. The number of nitrogens with two attached hydrogens (primary N) is 1. The van der Waals surface area contributed by atoms with Crippen LogP contribution in [0.4, 0.5) is 5.82 Å². The number of nitrogens with zero attached hydrogens (tertiary/aromatic N) is 1. The lowest BCUT2D eigenvalue weighted by Crippen LogP contribution is -2.38. The highest BCUT2D eigenvalue weighted by Crippen LogP contribution is 2.17. The van der Waals surface area contributed by atoms with Crippen molar-refractivity contribution in [1.82, 2.24) is 15.5 Å². The summed E-state index contributed by atoms with van der Waals surface area (Å²) in [6.45, 7) is 0. The molecule has 6 heteroatoms. The van der Waals surface area contributed by atoms with Gasteiger partial charge in [-0.25, -0.2) is 0 Å². The van der Waals surface area contributed by atoms with Crippen molar-refractivity contribution in [1.29, 1.82) is 0 Å². The average molecular weight is 226 g/mol. The molecule has 1 atom stereocenters. The molecule has 82 valence electrons. The van der Waals surface area contributed by atoms with Crippen LogP contribution in [-0.2, 0) is 0 Å². The molecule has 5 nitrogen and oxygen atoms in total. The van der Waals surface area contributed by atoms with Gasteiger partial charge in [-0.15, -0.1) is 0 Å². The first-order valence-electron chi connectivity index (χ1n) is 4.95. The maximum atomic E-state index is 11.7. The Bertz CT molecular complexity index is 346. The predicted molar refractivity (Wildman–Crippen MR) is 60.8 cm³/mol. The third-order valence-electron chi connectivity index (χ3n) is 2.34. The van der Waals surface area contributed by atoms with Crippen LogP contribution in [0, 0.1) is 0 Å². The molecule has 2 rings (SSSR count). The van der Waals surface area contributed by atoms with E-state index in [1.54, 1.807) is 6.07 Å². The zero-order chi connectivity index (χ0) is 10.7. The molecule has 0 spiro atoms. The largest absolute Gasteiger partial charge is 0.382 e. The number of aromatic nitrogens is 2. The van der Waals surface area contributed by atoms with Crippen molar-refractivity contribution in [2.24, 2.45) is 0 Å². The smallest absolute Gasteiger partial charge is 0.269 e. The molecular weight excluding hydrogens is 212 g/mol. The van der Waals surface area contributed by atoms with Gasteiger partial charge in [-0.1, -0.05) is 0 Å². The quantitative estimate of drug-likeness (QED) is 0.690. The fourth-order valence-corrected chi connectivity index (χ4v) is 2.64. The zero-order valence-electron chi connectivity index (χ0n) is 8.32. The number of hydrogen-bond acceptors (Lipinski definition) is 4. The van der Waals surface area contributed by atoms with E-state index in [2.05, 4.69) is 15.5 Å². The second kappa shape index (κ2) is 4.57. The molecule has 15 heavy (non-hydrogen) atoms. The summed E-state index contributed by atoms with van der Waals surface area (Å²) in [5, 5.41) is 9.28. The second-order valence-electron chi connectivity index (χ2n) is 3.59. The van der Waals surface area contributed by atoms with E-state index < -0.39 is 0 Å². The van der Waals surface area contributed by atoms with E-state index >= 15 is 0 Å². The first-order valence-corrected chi connectivity index (χ1v) is 6.10. The molecular formula is C9H14N4OS. The molecule has 1 saturated heterocycles. The molecule has 1 fully saturated rings. The van der Waals surface area contributed by atoms with E-state index in [9.17, 15) is 4.79 Å². The van der Waals surface area contributed by atoms with Crippen molar-refractivity contribution < 1.29 is 4.79 Å². The summed E-state index contributed by atoms with van der Waals surface area (Å²) in [5.74, 6) is 2.42. The predicted octanol–water partition coefficient (Wildman–Crippen LogP) is 0.617. The van der Waals surface area contributed by atoms with E-state index in [-0.39, 0.29) is 11.9 Å². The summed E-state index contributed by atoms with van der Waals surface area (Å²) in [6, 6.07) is 1.83. The molecule has 4 N–H and O–H groups in total.